The third kappa shape index (κ3) is 4.69. The van der Waals surface area contributed by atoms with Crippen molar-refractivity contribution in [3.63, 3.8) is 0 Å². The molecule has 0 aromatic heterocycles. The van der Waals surface area contributed by atoms with Crippen LogP contribution in [0.15, 0.2) is 53.0 Å². The van der Waals surface area contributed by atoms with Gasteiger partial charge >= 0.3 is 0 Å². The number of halogens is 1. The van der Waals surface area contributed by atoms with Crippen molar-refractivity contribution in [2.45, 2.75) is 33.2 Å². The summed E-state index contributed by atoms with van der Waals surface area (Å²) in [6, 6.07) is 17.8. The quantitative estimate of drug-likeness (QED) is 0.744. The number of benzene rings is 2. The highest BCUT2D eigenvalue weighted by Gasteiger charge is 2.13. The van der Waals surface area contributed by atoms with Gasteiger partial charge in [0.25, 0.3) is 0 Å². The average molecular weight is 346 g/mol. The minimum Gasteiger partial charge on any atom is -0.307 e. The molecule has 0 saturated heterocycles. The fraction of sp³-hybridized carbons (Fsp3) is 0.368. The summed E-state index contributed by atoms with van der Waals surface area (Å²) in [5.41, 5.74) is 4.03. The second-order valence-corrected chi connectivity index (χ2v) is 6.80. The van der Waals surface area contributed by atoms with E-state index in [9.17, 15) is 0 Å². The molecule has 0 spiro atoms. The average Bonchev–Trinajstić information content (AvgIpc) is 2.45. The molecule has 2 rings (SSSR count). The van der Waals surface area contributed by atoms with Crippen molar-refractivity contribution in [1.29, 1.82) is 0 Å². The molecule has 2 aromatic carbocycles. The smallest absolute Gasteiger partial charge is 0.0577 e. The lowest BCUT2D eigenvalue weighted by molar-refractivity contribution is 0.627. The molecular weight excluding hydrogens is 322 g/mol. The molecule has 21 heavy (non-hydrogen) atoms. The van der Waals surface area contributed by atoms with Gasteiger partial charge in [0.1, 0.15) is 0 Å². The van der Waals surface area contributed by atoms with E-state index in [1.807, 2.05) is 0 Å². The van der Waals surface area contributed by atoms with Gasteiger partial charge < -0.3 is 5.32 Å². The summed E-state index contributed by atoms with van der Waals surface area (Å²) in [6.45, 7) is 7.62. The highest BCUT2D eigenvalue weighted by Crippen LogP contribution is 2.25. The van der Waals surface area contributed by atoms with Crippen molar-refractivity contribution in [3.05, 3.63) is 69.7 Å². The van der Waals surface area contributed by atoms with E-state index in [0.29, 0.717) is 5.92 Å². The third-order valence-electron chi connectivity index (χ3n) is 3.55. The monoisotopic (exact) mass is 345 g/mol. The molecule has 1 unspecified atom stereocenters. The topological polar surface area (TPSA) is 12.0 Å². The molecule has 0 amide bonds. The zero-order valence-corrected chi connectivity index (χ0v) is 14.7. The minimum absolute atomic E-state index is 0.251. The maximum Gasteiger partial charge on any atom is 0.0577 e. The van der Waals surface area contributed by atoms with Crippen molar-refractivity contribution in [1.82, 2.24) is 5.32 Å². The first-order valence-corrected chi connectivity index (χ1v) is 8.47. The number of nitrogens with one attached hydrogen (secondary N) is 1. The van der Waals surface area contributed by atoms with Crippen LogP contribution in [0, 0.1) is 5.92 Å². The lowest BCUT2D eigenvalue weighted by Gasteiger charge is -2.20. The third-order valence-corrected chi connectivity index (χ3v) is 4.04. The zero-order chi connectivity index (χ0) is 15.2. The van der Waals surface area contributed by atoms with Crippen LogP contribution in [0.25, 0.3) is 0 Å². The summed E-state index contributed by atoms with van der Waals surface area (Å²) in [5, 5.41) is 3.58. The van der Waals surface area contributed by atoms with Crippen molar-refractivity contribution in [2.75, 3.05) is 6.54 Å². The minimum atomic E-state index is 0.251. The molecule has 112 valence electrons. The molecule has 0 heterocycles. The Labute approximate surface area is 136 Å². The molecule has 0 radical (unpaired) electrons. The lowest BCUT2D eigenvalue weighted by atomic mass is 9.95. The largest absolute Gasteiger partial charge is 0.307 e. The van der Waals surface area contributed by atoms with Gasteiger partial charge in [-0.15, -0.1) is 0 Å². The number of hydrogen-bond donors (Lipinski definition) is 1. The molecule has 0 saturated carbocycles. The summed E-state index contributed by atoms with van der Waals surface area (Å²) >= 11 is 3.57. The molecule has 2 heteroatoms. The predicted octanol–water partition coefficient (Wildman–Crippen LogP) is 5.35. The first kappa shape index (κ1) is 16.3. The van der Waals surface area contributed by atoms with Crippen molar-refractivity contribution in [2.24, 2.45) is 5.92 Å². The Morgan fingerprint density at radius 3 is 2.29 bits per heavy atom. The van der Waals surface area contributed by atoms with Crippen LogP contribution >= 0.6 is 15.9 Å². The maximum absolute atomic E-state index is 3.58. The Hall–Kier alpha value is -1.12. The van der Waals surface area contributed by atoms with Crippen LogP contribution in [-0.4, -0.2) is 6.54 Å². The molecule has 1 nitrogen and oxygen atoms in total. The first-order chi connectivity index (χ1) is 10.1. The molecule has 1 atom stereocenters. The highest BCUT2D eigenvalue weighted by molar-refractivity contribution is 9.10. The Bertz CT molecular complexity index is 560. The lowest BCUT2D eigenvalue weighted by Crippen LogP contribution is -2.22. The van der Waals surface area contributed by atoms with Crippen LogP contribution in [0.2, 0.25) is 0 Å². The van der Waals surface area contributed by atoms with E-state index in [4.69, 9.17) is 0 Å². The van der Waals surface area contributed by atoms with Gasteiger partial charge in [0.2, 0.25) is 0 Å². The van der Waals surface area contributed by atoms with Crippen molar-refractivity contribution < 1.29 is 0 Å². The molecule has 0 bridgehead atoms. The summed E-state index contributed by atoms with van der Waals surface area (Å²) in [6.07, 6.45) is 1.14. The summed E-state index contributed by atoms with van der Waals surface area (Å²) in [4.78, 5) is 0. The first-order valence-electron chi connectivity index (χ1n) is 7.67. The Morgan fingerprint density at radius 2 is 1.71 bits per heavy atom. The van der Waals surface area contributed by atoms with Gasteiger partial charge in [-0.1, -0.05) is 73.1 Å². The summed E-state index contributed by atoms with van der Waals surface area (Å²) in [7, 11) is 0. The van der Waals surface area contributed by atoms with Crippen LogP contribution in [0.5, 0.6) is 0 Å². The second kappa shape index (κ2) is 7.77. The zero-order valence-electron chi connectivity index (χ0n) is 13.1. The summed E-state index contributed by atoms with van der Waals surface area (Å²) < 4.78 is 1.12. The van der Waals surface area contributed by atoms with Gasteiger partial charge in [-0.3, -0.25) is 0 Å². The predicted molar refractivity (Wildman–Crippen MR) is 94.6 cm³/mol. The van der Waals surface area contributed by atoms with Gasteiger partial charge in [0.05, 0.1) is 6.04 Å². The van der Waals surface area contributed by atoms with E-state index in [0.717, 1.165) is 17.4 Å². The van der Waals surface area contributed by atoms with E-state index < -0.39 is 0 Å². The van der Waals surface area contributed by atoms with Crippen LogP contribution in [0.4, 0.5) is 0 Å². The molecule has 1 N–H and O–H groups in total. The molecule has 0 aliphatic rings. The Morgan fingerprint density at radius 1 is 1.00 bits per heavy atom. The van der Waals surface area contributed by atoms with Crippen LogP contribution in [0.1, 0.15) is 43.5 Å². The summed E-state index contributed by atoms with van der Waals surface area (Å²) in [5.74, 6) is 0.700. The molecular formula is C19H24BrN. The SMILES string of the molecule is CCNC(c1ccc(CC(C)C)cc1)c1cccc(Br)c1. The molecule has 2 aromatic rings. The van der Waals surface area contributed by atoms with E-state index in [2.05, 4.69) is 90.5 Å². The maximum atomic E-state index is 3.58. The molecule has 0 fully saturated rings. The van der Waals surface area contributed by atoms with Gasteiger partial charge in [-0.05, 0) is 47.7 Å². The van der Waals surface area contributed by atoms with Crippen molar-refractivity contribution >= 4 is 15.9 Å². The van der Waals surface area contributed by atoms with Gasteiger partial charge in [-0.2, -0.15) is 0 Å². The Balaban J connectivity index is 2.26. The fourth-order valence-electron chi connectivity index (χ4n) is 2.64. The van der Waals surface area contributed by atoms with Crippen LogP contribution < -0.4 is 5.32 Å². The van der Waals surface area contributed by atoms with Gasteiger partial charge in [0, 0.05) is 4.47 Å². The number of rotatable bonds is 6. The van der Waals surface area contributed by atoms with Crippen molar-refractivity contribution in [3.8, 4) is 0 Å². The van der Waals surface area contributed by atoms with E-state index in [-0.39, 0.29) is 6.04 Å². The normalized spacial score (nSPS) is 12.6. The van der Waals surface area contributed by atoms with Gasteiger partial charge in [0.15, 0.2) is 0 Å². The van der Waals surface area contributed by atoms with Crippen LogP contribution in [-0.2, 0) is 6.42 Å². The van der Waals surface area contributed by atoms with E-state index >= 15 is 0 Å². The van der Waals surface area contributed by atoms with E-state index in [1.54, 1.807) is 0 Å². The highest BCUT2D eigenvalue weighted by atomic mass is 79.9. The number of hydrogen-bond acceptors (Lipinski definition) is 1. The standard InChI is InChI=1S/C19H24BrN/c1-4-21-19(17-6-5-7-18(20)13-17)16-10-8-15(9-11-16)12-14(2)3/h5-11,13-14,19,21H,4,12H2,1-3H3. The second-order valence-electron chi connectivity index (χ2n) is 5.89. The van der Waals surface area contributed by atoms with Crippen LogP contribution in [0.3, 0.4) is 0 Å². The fourth-order valence-corrected chi connectivity index (χ4v) is 3.05. The molecule has 0 aliphatic heterocycles. The van der Waals surface area contributed by atoms with Gasteiger partial charge in [-0.25, -0.2) is 0 Å². The van der Waals surface area contributed by atoms with E-state index in [1.165, 1.54) is 16.7 Å². The molecule has 0 aliphatic carbocycles. The Kier molecular flexibility index (Phi) is 6.01.